The van der Waals surface area contributed by atoms with Crippen LogP contribution < -0.4 is 5.32 Å². The van der Waals surface area contributed by atoms with E-state index in [1.165, 1.54) is 0 Å². The summed E-state index contributed by atoms with van der Waals surface area (Å²) in [4.78, 5) is 14.5. The number of benzene rings is 4. The number of fused-ring (bicyclic) bond motifs is 2. The second-order valence-corrected chi connectivity index (χ2v) is 8.70. The number of aryl methyl sites for hydroxylation is 1. The predicted molar refractivity (Wildman–Crippen MR) is 138 cm³/mol. The molecule has 0 saturated heterocycles. The molecule has 4 aromatic carbocycles. The SMILES string of the molecule is Cc1cc2nn(-c3cccc4ccccc34)nc2cc1NC(=O)c1ccc(-c2ccc(Cl)cc2)o1. The van der Waals surface area contributed by atoms with Crippen LogP contribution in [-0.2, 0) is 0 Å². The Bertz CT molecular complexity index is 1710. The smallest absolute Gasteiger partial charge is 0.291 e. The van der Waals surface area contributed by atoms with Gasteiger partial charge in [-0.1, -0.05) is 48.0 Å². The van der Waals surface area contributed by atoms with Crippen LogP contribution in [-0.4, -0.2) is 20.9 Å². The van der Waals surface area contributed by atoms with Gasteiger partial charge in [-0.2, -0.15) is 0 Å². The fraction of sp³-hybridized carbons (Fsp3) is 0.0357. The number of carbonyl (C=O) groups excluding carboxylic acids is 1. The molecular weight excluding hydrogens is 460 g/mol. The molecule has 0 aliphatic carbocycles. The molecule has 0 spiro atoms. The lowest BCUT2D eigenvalue weighted by Crippen LogP contribution is -2.11. The summed E-state index contributed by atoms with van der Waals surface area (Å²) in [6, 6.07) is 28.6. The first kappa shape index (κ1) is 21.1. The normalized spacial score (nSPS) is 11.3. The molecule has 0 atom stereocenters. The zero-order valence-electron chi connectivity index (χ0n) is 18.7. The first-order valence-electron chi connectivity index (χ1n) is 11.1. The van der Waals surface area contributed by atoms with Crippen LogP contribution in [0.25, 0.3) is 38.8 Å². The van der Waals surface area contributed by atoms with Crippen molar-refractivity contribution >= 4 is 45.0 Å². The van der Waals surface area contributed by atoms with Gasteiger partial charge in [0.15, 0.2) is 5.76 Å². The largest absolute Gasteiger partial charge is 0.451 e. The average molecular weight is 479 g/mol. The lowest BCUT2D eigenvalue weighted by molar-refractivity contribution is 0.0997. The maximum atomic E-state index is 12.9. The van der Waals surface area contributed by atoms with Crippen molar-refractivity contribution in [2.45, 2.75) is 6.92 Å². The first-order chi connectivity index (χ1) is 17.0. The van der Waals surface area contributed by atoms with E-state index in [2.05, 4.69) is 33.7 Å². The third-order valence-electron chi connectivity index (χ3n) is 5.92. The number of rotatable bonds is 4. The molecule has 2 aromatic heterocycles. The Labute approximate surface area is 205 Å². The third kappa shape index (κ3) is 3.94. The van der Waals surface area contributed by atoms with Crippen molar-refractivity contribution in [3.63, 3.8) is 0 Å². The summed E-state index contributed by atoms with van der Waals surface area (Å²) in [6.45, 7) is 1.92. The minimum Gasteiger partial charge on any atom is -0.451 e. The standard InChI is InChI=1S/C28H19ClN4O2/c1-17-15-23-24(32-33(31-23)25-8-4-6-18-5-2-3-7-21(18)25)16-22(17)30-28(34)27-14-13-26(35-27)19-9-11-20(29)12-10-19/h2-16H,1H3,(H,30,34). The van der Waals surface area contributed by atoms with Crippen LogP contribution in [0, 0.1) is 6.92 Å². The van der Waals surface area contributed by atoms with Gasteiger partial charge in [-0.3, -0.25) is 4.79 Å². The summed E-state index contributed by atoms with van der Waals surface area (Å²) in [5.74, 6) is 0.472. The summed E-state index contributed by atoms with van der Waals surface area (Å²) in [5.41, 5.74) is 4.69. The molecule has 6 aromatic rings. The Hall–Kier alpha value is -4.42. The summed E-state index contributed by atoms with van der Waals surface area (Å²) >= 11 is 5.96. The van der Waals surface area contributed by atoms with Crippen LogP contribution in [0.3, 0.4) is 0 Å². The second-order valence-electron chi connectivity index (χ2n) is 8.27. The van der Waals surface area contributed by atoms with Gasteiger partial charge in [0.2, 0.25) is 0 Å². The number of amides is 1. The Morgan fingerprint density at radius 2 is 1.63 bits per heavy atom. The number of aromatic nitrogens is 3. The van der Waals surface area contributed by atoms with Crippen molar-refractivity contribution in [2.24, 2.45) is 0 Å². The van der Waals surface area contributed by atoms with E-state index in [0.717, 1.165) is 33.1 Å². The molecule has 0 aliphatic rings. The quantitative estimate of drug-likeness (QED) is 0.294. The predicted octanol–water partition coefficient (Wildman–Crippen LogP) is 7.05. The van der Waals surface area contributed by atoms with Crippen LogP contribution in [0.5, 0.6) is 0 Å². The summed E-state index contributed by atoms with van der Waals surface area (Å²) < 4.78 is 5.79. The highest BCUT2D eigenvalue weighted by molar-refractivity contribution is 6.30. The fourth-order valence-corrected chi connectivity index (χ4v) is 4.23. The molecule has 1 amide bonds. The molecule has 6 nitrogen and oxygen atoms in total. The molecule has 170 valence electrons. The lowest BCUT2D eigenvalue weighted by atomic mass is 10.1. The highest BCUT2D eigenvalue weighted by Gasteiger charge is 2.16. The highest BCUT2D eigenvalue weighted by Crippen LogP contribution is 2.27. The van der Waals surface area contributed by atoms with Crippen LogP contribution in [0.1, 0.15) is 16.1 Å². The van der Waals surface area contributed by atoms with Crippen LogP contribution >= 0.6 is 11.6 Å². The average Bonchev–Trinajstić information content (AvgIpc) is 3.52. The van der Waals surface area contributed by atoms with Crippen LogP contribution in [0.2, 0.25) is 5.02 Å². The zero-order valence-corrected chi connectivity index (χ0v) is 19.5. The van der Waals surface area contributed by atoms with Gasteiger partial charge in [-0.25, -0.2) is 0 Å². The van der Waals surface area contributed by atoms with E-state index < -0.39 is 0 Å². The van der Waals surface area contributed by atoms with Crippen molar-refractivity contribution in [3.8, 4) is 17.0 Å². The molecule has 7 heteroatoms. The topological polar surface area (TPSA) is 73.0 Å². The van der Waals surface area contributed by atoms with E-state index >= 15 is 0 Å². The molecule has 0 aliphatic heterocycles. The number of anilines is 1. The van der Waals surface area contributed by atoms with Crippen LogP contribution in [0.15, 0.2) is 95.4 Å². The van der Waals surface area contributed by atoms with Gasteiger partial charge >= 0.3 is 0 Å². The van der Waals surface area contributed by atoms with Crippen molar-refractivity contribution < 1.29 is 9.21 Å². The Morgan fingerprint density at radius 1 is 0.886 bits per heavy atom. The van der Waals surface area contributed by atoms with Crippen molar-refractivity contribution in [1.29, 1.82) is 0 Å². The summed E-state index contributed by atoms with van der Waals surface area (Å²) in [7, 11) is 0. The molecule has 0 saturated carbocycles. The van der Waals surface area contributed by atoms with Gasteiger partial charge in [0.05, 0.1) is 5.69 Å². The maximum Gasteiger partial charge on any atom is 0.291 e. The maximum absolute atomic E-state index is 12.9. The second kappa shape index (κ2) is 8.42. The number of furan rings is 1. The molecule has 2 heterocycles. The monoisotopic (exact) mass is 478 g/mol. The van der Waals surface area contributed by atoms with E-state index in [-0.39, 0.29) is 11.7 Å². The van der Waals surface area contributed by atoms with Crippen molar-refractivity contribution in [3.05, 3.63) is 107 Å². The molecular formula is C28H19ClN4O2. The van der Waals surface area contributed by atoms with E-state index in [0.29, 0.717) is 22.0 Å². The number of hydrogen-bond donors (Lipinski definition) is 1. The van der Waals surface area contributed by atoms with Gasteiger partial charge in [0, 0.05) is 21.7 Å². The van der Waals surface area contributed by atoms with Crippen molar-refractivity contribution in [2.75, 3.05) is 5.32 Å². The first-order valence-corrected chi connectivity index (χ1v) is 11.5. The van der Waals surface area contributed by atoms with E-state index in [9.17, 15) is 4.79 Å². The third-order valence-corrected chi connectivity index (χ3v) is 6.17. The number of carbonyl (C=O) groups is 1. The van der Waals surface area contributed by atoms with E-state index in [1.807, 2.05) is 55.5 Å². The summed E-state index contributed by atoms with van der Waals surface area (Å²) in [6.07, 6.45) is 0. The molecule has 35 heavy (non-hydrogen) atoms. The molecule has 0 unspecified atom stereocenters. The minimum absolute atomic E-state index is 0.217. The lowest BCUT2D eigenvalue weighted by Gasteiger charge is -2.06. The number of halogens is 1. The van der Waals surface area contributed by atoms with E-state index in [4.69, 9.17) is 16.0 Å². The van der Waals surface area contributed by atoms with Gasteiger partial charge in [0.25, 0.3) is 5.91 Å². The van der Waals surface area contributed by atoms with Gasteiger partial charge in [-0.15, -0.1) is 15.0 Å². The number of nitrogens with zero attached hydrogens (tertiary/aromatic N) is 3. The molecule has 1 N–H and O–H groups in total. The van der Waals surface area contributed by atoms with Crippen molar-refractivity contribution in [1.82, 2.24) is 15.0 Å². The Balaban J connectivity index is 1.30. The number of nitrogens with one attached hydrogen (secondary N) is 1. The fourth-order valence-electron chi connectivity index (χ4n) is 4.11. The molecule has 6 rings (SSSR count). The van der Waals surface area contributed by atoms with Gasteiger partial charge < -0.3 is 9.73 Å². The zero-order chi connectivity index (χ0) is 23.9. The van der Waals surface area contributed by atoms with Crippen LogP contribution in [0.4, 0.5) is 5.69 Å². The number of hydrogen-bond acceptors (Lipinski definition) is 4. The Kier molecular flexibility index (Phi) is 5.08. The Morgan fingerprint density at radius 3 is 2.46 bits per heavy atom. The highest BCUT2D eigenvalue weighted by atomic mass is 35.5. The molecule has 0 radical (unpaired) electrons. The molecule has 0 bridgehead atoms. The van der Waals surface area contributed by atoms with Gasteiger partial charge in [0.1, 0.15) is 16.8 Å². The minimum atomic E-state index is -0.339. The van der Waals surface area contributed by atoms with Gasteiger partial charge in [-0.05, 0) is 72.5 Å². The van der Waals surface area contributed by atoms with E-state index in [1.54, 1.807) is 29.1 Å². The molecule has 0 fully saturated rings. The summed E-state index contributed by atoms with van der Waals surface area (Å²) in [5, 5.41) is 15.1.